The summed E-state index contributed by atoms with van der Waals surface area (Å²) < 4.78 is 4.91. The van der Waals surface area contributed by atoms with E-state index >= 15 is 0 Å². The van der Waals surface area contributed by atoms with Crippen LogP contribution in [0.4, 0.5) is 0 Å². The molecule has 1 aliphatic heterocycles. The van der Waals surface area contributed by atoms with Crippen molar-refractivity contribution in [3.63, 3.8) is 0 Å². The van der Waals surface area contributed by atoms with Crippen molar-refractivity contribution in [2.75, 3.05) is 0 Å². The fourth-order valence-corrected chi connectivity index (χ4v) is 4.19. The smallest absolute Gasteiger partial charge is 0.165 e. The van der Waals surface area contributed by atoms with Gasteiger partial charge in [0.2, 0.25) is 0 Å². The van der Waals surface area contributed by atoms with E-state index < -0.39 is 25.6 Å². The highest BCUT2D eigenvalue weighted by molar-refractivity contribution is 6.50. The molecule has 22 heavy (non-hydrogen) atoms. The summed E-state index contributed by atoms with van der Waals surface area (Å²) in [5.74, 6) is 0.0128. The Morgan fingerprint density at radius 1 is 1.14 bits per heavy atom. The molecule has 1 spiro atoms. The van der Waals surface area contributed by atoms with E-state index in [4.69, 9.17) is 51.1 Å². The second-order valence-corrected chi connectivity index (χ2v) is 9.02. The number of allylic oxidation sites excluding steroid dienone is 3. The lowest BCUT2D eigenvalue weighted by molar-refractivity contribution is -0.119. The van der Waals surface area contributed by atoms with E-state index in [9.17, 15) is 4.79 Å². The predicted octanol–water partition coefficient (Wildman–Crippen LogP) is 4.77. The zero-order valence-corrected chi connectivity index (χ0v) is 15.2. The molecule has 1 heterocycles. The zero-order valence-electron chi connectivity index (χ0n) is 12.2. The number of carbonyl (C=O) groups is 1. The van der Waals surface area contributed by atoms with Gasteiger partial charge >= 0.3 is 0 Å². The number of carbonyl (C=O) groups excluding carboxylic acids is 1. The third-order valence-corrected chi connectivity index (χ3v) is 7.37. The lowest BCUT2D eigenvalue weighted by Crippen LogP contribution is -2.49. The minimum Gasteiger partial charge on any atom is -0.359 e. The van der Waals surface area contributed by atoms with E-state index in [0.717, 1.165) is 0 Å². The Balaban J connectivity index is 2.04. The first-order valence-electron chi connectivity index (χ1n) is 7.03. The average molecular weight is 382 g/mol. The van der Waals surface area contributed by atoms with Gasteiger partial charge in [0.05, 0.1) is 6.10 Å². The van der Waals surface area contributed by atoms with Crippen molar-refractivity contribution in [2.45, 2.75) is 41.1 Å². The van der Waals surface area contributed by atoms with Crippen LogP contribution in [-0.2, 0) is 9.53 Å². The molecule has 6 heteroatoms. The Hall–Kier alpha value is 0.01000. The van der Waals surface area contributed by atoms with E-state index in [1.54, 1.807) is 6.08 Å². The van der Waals surface area contributed by atoms with Gasteiger partial charge in [-0.3, -0.25) is 4.79 Å². The molecule has 0 aromatic heterocycles. The van der Waals surface area contributed by atoms with Crippen LogP contribution < -0.4 is 0 Å². The fourth-order valence-electron chi connectivity index (χ4n) is 3.19. The number of ether oxygens (including phenoxy) is 1. The van der Waals surface area contributed by atoms with Crippen molar-refractivity contribution in [1.29, 1.82) is 0 Å². The fraction of sp³-hybridized carbons (Fsp3) is 0.562. The second kappa shape index (κ2) is 5.00. The van der Waals surface area contributed by atoms with Gasteiger partial charge in [-0.05, 0) is 25.2 Å². The van der Waals surface area contributed by atoms with Crippen LogP contribution in [0.5, 0.6) is 0 Å². The minimum atomic E-state index is -1.25. The lowest BCUT2D eigenvalue weighted by atomic mass is 9.71. The maximum atomic E-state index is 11.7. The number of fused-ring (bicyclic) bond motifs is 1. The summed E-state index contributed by atoms with van der Waals surface area (Å²) in [5, 5.41) is 0. The standard InChI is InChI=1S/C16H16Cl4O2/c1-13(12(17)18)5-7-15(8-6-13)16(19,20)14(2)4-3-10(21)9-11(14)22-15/h3-8,11-12H,9H2,1-2H3/t11-,13?,14+,15?/m0/s1. The van der Waals surface area contributed by atoms with Gasteiger partial charge in [0.1, 0.15) is 10.4 Å². The third kappa shape index (κ3) is 2.08. The maximum absolute atomic E-state index is 11.7. The molecule has 2 nitrogen and oxygen atoms in total. The van der Waals surface area contributed by atoms with Crippen LogP contribution in [-0.4, -0.2) is 26.7 Å². The largest absolute Gasteiger partial charge is 0.359 e. The molecule has 3 aliphatic rings. The minimum absolute atomic E-state index is 0.0128. The topological polar surface area (TPSA) is 26.3 Å². The van der Waals surface area contributed by atoms with Crippen LogP contribution in [0.1, 0.15) is 20.3 Å². The number of ketones is 1. The molecule has 0 radical (unpaired) electrons. The van der Waals surface area contributed by atoms with Crippen LogP contribution in [0.2, 0.25) is 0 Å². The molecule has 0 saturated carbocycles. The molecule has 0 unspecified atom stereocenters. The summed E-state index contributed by atoms with van der Waals surface area (Å²) >= 11 is 25.6. The Morgan fingerprint density at radius 3 is 2.27 bits per heavy atom. The molecule has 0 bridgehead atoms. The second-order valence-electron chi connectivity index (χ2n) is 6.59. The first kappa shape index (κ1) is 16.9. The summed E-state index contributed by atoms with van der Waals surface area (Å²) in [6.45, 7) is 3.82. The van der Waals surface area contributed by atoms with E-state index in [0.29, 0.717) is 0 Å². The molecular formula is C16H16Cl4O2. The number of alkyl halides is 4. The Bertz CT molecular complexity index is 591. The van der Waals surface area contributed by atoms with Gasteiger partial charge in [-0.25, -0.2) is 0 Å². The van der Waals surface area contributed by atoms with Crippen molar-refractivity contribution < 1.29 is 9.53 Å². The van der Waals surface area contributed by atoms with Crippen LogP contribution in [0.25, 0.3) is 0 Å². The zero-order chi connectivity index (χ0) is 16.4. The number of rotatable bonds is 1. The summed E-state index contributed by atoms with van der Waals surface area (Å²) in [5.41, 5.74) is -2.18. The number of hydrogen-bond donors (Lipinski definition) is 0. The third-order valence-electron chi connectivity index (χ3n) is 5.03. The maximum Gasteiger partial charge on any atom is 0.165 e. The molecule has 3 rings (SSSR count). The summed E-state index contributed by atoms with van der Waals surface area (Å²) in [7, 11) is 0. The van der Waals surface area contributed by atoms with Gasteiger partial charge in [-0.2, -0.15) is 0 Å². The summed E-state index contributed by atoms with van der Waals surface area (Å²) in [6, 6.07) is 0. The van der Waals surface area contributed by atoms with Crippen LogP contribution in [0, 0.1) is 10.8 Å². The Morgan fingerprint density at radius 2 is 1.73 bits per heavy atom. The van der Waals surface area contributed by atoms with E-state index in [1.807, 2.05) is 38.2 Å². The van der Waals surface area contributed by atoms with Crippen LogP contribution >= 0.6 is 46.4 Å². The molecule has 2 atom stereocenters. The number of hydrogen-bond acceptors (Lipinski definition) is 2. The molecule has 0 N–H and O–H groups in total. The Labute approximate surface area is 150 Å². The highest BCUT2D eigenvalue weighted by Gasteiger charge is 2.69. The van der Waals surface area contributed by atoms with E-state index in [1.165, 1.54) is 6.08 Å². The van der Waals surface area contributed by atoms with Gasteiger partial charge in [0, 0.05) is 17.3 Å². The van der Waals surface area contributed by atoms with Gasteiger partial charge in [-0.1, -0.05) is 48.4 Å². The van der Waals surface area contributed by atoms with Gasteiger partial charge < -0.3 is 4.74 Å². The highest BCUT2D eigenvalue weighted by atomic mass is 35.5. The molecule has 2 aliphatic carbocycles. The van der Waals surface area contributed by atoms with Gasteiger partial charge in [-0.15, -0.1) is 23.2 Å². The molecular weight excluding hydrogens is 366 g/mol. The molecule has 0 aromatic carbocycles. The van der Waals surface area contributed by atoms with Gasteiger partial charge in [0.25, 0.3) is 0 Å². The average Bonchev–Trinajstić information content (AvgIpc) is 2.60. The highest BCUT2D eigenvalue weighted by Crippen LogP contribution is 2.63. The number of halogens is 4. The van der Waals surface area contributed by atoms with Crippen molar-refractivity contribution in [3.8, 4) is 0 Å². The molecule has 1 fully saturated rings. The SMILES string of the molecule is CC1(C(Cl)Cl)C=CC2(C=C1)O[C@H]1CC(=O)C=C[C@@]1(C)C2(Cl)Cl. The van der Waals surface area contributed by atoms with Crippen molar-refractivity contribution in [1.82, 2.24) is 0 Å². The molecule has 120 valence electrons. The Kier molecular flexibility index (Phi) is 3.83. The first-order chi connectivity index (χ1) is 10.1. The van der Waals surface area contributed by atoms with Crippen molar-refractivity contribution in [2.24, 2.45) is 10.8 Å². The molecule has 0 amide bonds. The quantitative estimate of drug-likeness (QED) is 0.483. The molecule has 0 aromatic rings. The van der Waals surface area contributed by atoms with Crippen molar-refractivity contribution >= 4 is 52.2 Å². The first-order valence-corrected chi connectivity index (χ1v) is 8.66. The monoisotopic (exact) mass is 380 g/mol. The summed E-state index contributed by atoms with van der Waals surface area (Å²) in [4.78, 5) is 11.1. The van der Waals surface area contributed by atoms with E-state index in [2.05, 4.69) is 0 Å². The van der Waals surface area contributed by atoms with Crippen LogP contribution in [0.3, 0.4) is 0 Å². The lowest BCUT2D eigenvalue weighted by Gasteiger charge is -2.41. The van der Waals surface area contributed by atoms with E-state index in [-0.39, 0.29) is 18.3 Å². The summed E-state index contributed by atoms with van der Waals surface area (Å²) in [6.07, 6.45) is 10.5. The predicted molar refractivity (Wildman–Crippen MR) is 90.8 cm³/mol. The van der Waals surface area contributed by atoms with Crippen LogP contribution in [0.15, 0.2) is 36.5 Å². The van der Waals surface area contributed by atoms with Gasteiger partial charge in [0.15, 0.2) is 10.1 Å². The van der Waals surface area contributed by atoms with Crippen molar-refractivity contribution in [3.05, 3.63) is 36.5 Å². The normalized spacial score (nSPS) is 45.8. The molecule has 1 saturated heterocycles.